The Morgan fingerprint density at radius 3 is 2.75 bits per heavy atom. The molecule has 0 aliphatic carbocycles. The van der Waals surface area contributed by atoms with Crippen LogP contribution in [0.2, 0.25) is 0 Å². The maximum Gasteiger partial charge on any atom is 0.342 e. The molecule has 0 unspecified atom stereocenters. The summed E-state index contributed by atoms with van der Waals surface area (Å²) in [5.41, 5.74) is -0.861. The van der Waals surface area contributed by atoms with Gasteiger partial charge < -0.3 is 5.11 Å². The van der Waals surface area contributed by atoms with Gasteiger partial charge in [-0.05, 0) is 18.2 Å². The zero-order valence-electron chi connectivity index (χ0n) is 7.98. The number of H-pyrrole nitrogens is 1. The number of hydrogen-bond acceptors (Lipinski definition) is 2. The summed E-state index contributed by atoms with van der Waals surface area (Å²) in [6.07, 6.45) is 1.07. The van der Waals surface area contributed by atoms with Crippen molar-refractivity contribution in [1.82, 2.24) is 9.78 Å². The Kier molecular flexibility index (Phi) is 2.32. The molecule has 2 aromatic rings. The average molecular weight is 222 g/mol. The Balaban J connectivity index is 2.58. The molecule has 0 amide bonds. The predicted octanol–water partition coefficient (Wildman–Crippen LogP) is 1.00. The number of aromatic nitrogens is 2. The molecule has 0 radical (unpaired) electrons. The minimum Gasteiger partial charge on any atom is -0.477 e. The summed E-state index contributed by atoms with van der Waals surface area (Å²) in [5.74, 6) is -1.83. The fourth-order valence-electron chi connectivity index (χ4n) is 1.33. The van der Waals surface area contributed by atoms with Crippen molar-refractivity contribution in [2.75, 3.05) is 0 Å². The molecular formula is C10H7FN2O3. The van der Waals surface area contributed by atoms with Crippen molar-refractivity contribution in [3.8, 4) is 5.69 Å². The molecule has 82 valence electrons. The molecule has 0 bridgehead atoms. The molecule has 1 aromatic heterocycles. The van der Waals surface area contributed by atoms with Crippen molar-refractivity contribution in [3.63, 3.8) is 0 Å². The summed E-state index contributed by atoms with van der Waals surface area (Å²) in [7, 11) is 0. The molecule has 2 rings (SSSR count). The average Bonchev–Trinajstić information content (AvgIpc) is 2.60. The molecule has 0 fully saturated rings. The maximum atomic E-state index is 12.9. The van der Waals surface area contributed by atoms with Crippen LogP contribution in [0.4, 0.5) is 4.39 Å². The van der Waals surface area contributed by atoms with Crippen LogP contribution < -0.4 is 5.56 Å². The number of hydrogen-bond donors (Lipinski definition) is 2. The molecule has 0 spiro atoms. The Morgan fingerprint density at radius 2 is 2.19 bits per heavy atom. The lowest BCUT2D eigenvalue weighted by molar-refractivity contribution is 0.0695. The number of carbonyl (C=O) groups is 1. The lowest BCUT2D eigenvalue weighted by Gasteiger charge is -2.00. The highest BCUT2D eigenvalue weighted by Crippen LogP contribution is 2.06. The van der Waals surface area contributed by atoms with Crippen LogP contribution in [0.25, 0.3) is 5.69 Å². The Morgan fingerprint density at radius 1 is 1.44 bits per heavy atom. The number of rotatable bonds is 2. The smallest absolute Gasteiger partial charge is 0.342 e. The van der Waals surface area contributed by atoms with Gasteiger partial charge in [-0.15, -0.1) is 0 Å². The molecule has 0 atom stereocenters. The van der Waals surface area contributed by atoms with E-state index in [4.69, 9.17) is 5.11 Å². The molecule has 2 N–H and O–H groups in total. The second-order valence-corrected chi connectivity index (χ2v) is 3.11. The van der Waals surface area contributed by atoms with Gasteiger partial charge in [0.2, 0.25) is 0 Å². The first-order valence-electron chi connectivity index (χ1n) is 4.39. The zero-order valence-corrected chi connectivity index (χ0v) is 7.98. The van der Waals surface area contributed by atoms with Gasteiger partial charge in [-0.25, -0.2) is 13.9 Å². The minimum atomic E-state index is -1.32. The van der Waals surface area contributed by atoms with Crippen molar-refractivity contribution in [1.29, 1.82) is 0 Å². The third kappa shape index (κ3) is 1.60. The van der Waals surface area contributed by atoms with E-state index >= 15 is 0 Å². The topological polar surface area (TPSA) is 75.1 Å². The van der Waals surface area contributed by atoms with Crippen LogP contribution in [0, 0.1) is 5.82 Å². The van der Waals surface area contributed by atoms with E-state index in [1.165, 1.54) is 18.2 Å². The molecule has 6 heteroatoms. The van der Waals surface area contributed by atoms with Gasteiger partial charge >= 0.3 is 5.97 Å². The van der Waals surface area contributed by atoms with Gasteiger partial charge in [0.05, 0.1) is 5.69 Å². The van der Waals surface area contributed by atoms with Crippen LogP contribution in [-0.2, 0) is 0 Å². The van der Waals surface area contributed by atoms with Crippen molar-refractivity contribution in [2.24, 2.45) is 0 Å². The van der Waals surface area contributed by atoms with Crippen molar-refractivity contribution in [2.45, 2.75) is 0 Å². The number of benzene rings is 1. The van der Waals surface area contributed by atoms with E-state index in [0.717, 1.165) is 16.9 Å². The van der Waals surface area contributed by atoms with E-state index in [-0.39, 0.29) is 11.3 Å². The maximum absolute atomic E-state index is 12.9. The van der Waals surface area contributed by atoms with E-state index in [2.05, 4.69) is 5.10 Å². The summed E-state index contributed by atoms with van der Waals surface area (Å²) in [4.78, 5) is 22.2. The number of aromatic amines is 1. The molecule has 0 saturated heterocycles. The first kappa shape index (κ1) is 10.2. The van der Waals surface area contributed by atoms with Gasteiger partial charge in [0.1, 0.15) is 11.4 Å². The summed E-state index contributed by atoms with van der Waals surface area (Å²) in [5, 5.41) is 11.1. The molecule has 0 aliphatic heterocycles. The van der Waals surface area contributed by atoms with Crippen LogP contribution >= 0.6 is 0 Å². The van der Waals surface area contributed by atoms with Crippen molar-refractivity contribution in [3.05, 3.63) is 52.2 Å². The number of halogens is 1. The SMILES string of the molecule is O=C(O)c1c[nH]n(-c2cccc(F)c2)c1=O. The number of nitrogens with one attached hydrogen (secondary N) is 1. The predicted molar refractivity (Wildman–Crippen MR) is 53.3 cm³/mol. The molecule has 0 aliphatic rings. The summed E-state index contributed by atoms with van der Waals surface area (Å²) in [6.45, 7) is 0. The van der Waals surface area contributed by atoms with Crippen molar-refractivity contribution < 1.29 is 14.3 Å². The van der Waals surface area contributed by atoms with Crippen LogP contribution in [0.15, 0.2) is 35.3 Å². The monoisotopic (exact) mass is 222 g/mol. The van der Waals surface area contributed by atoms with E-state index in [1.807, 2.05) is 0 Å². The molecule has 16 heavy (non-hydrogen) atoms. The van der Waals surface area contributed by atoms with Crippen LogP contribution in [0.3, 0.4) is 0 Å². The quantitative estimate of drug-likeness (QED) is 0.796. The third-order valence-electron chi connectivity index (χ3n) is 2.07. The van der Waals surface area contributed by atoms with Crippen LogP contribution in [0.1, 0.15) is 10.4 Å². The van der Waals surface area contributed by atoms with Gasteiger partial charge in [0.15, 0.2) is 0 Å². The Labute approximate surface area is 88.7 Å². The van der Waals surface area contributed by atoms with Gasteiger partial charge in [-0.2, -0.15) is 0 Å². The van der Waals surface area contributed by atoms with Gasteiger partial charge in [0.25, 0.3) is 5.56 Å². The molecule has 1 heterocycles. The lowest BCUT2D eigenvalue weighted by atomic mass is 10.3. The number of nitrogens with zero attached hydrogens (tertiary/aromatic N) is 1. The molecule has 1 aromatic carbocycles. The van der Waals surface area contributed by atoms with Crippen molar-refractivity contribution >= 4 is 5.97 Å². The normalized spacial score (nSPS) is 10.3. The van der Waals surface area contributed by atoms with E-state index in [0.29, 0.717) is 0 Å². The standard InChI is InChI=1S/C10H7FN2O3/c11-6-2-1-3-7(4-6)13-9(14)8(5-12-13)10(15)16/h1-5,12H,(H,15,16). The third-order valence-corrected chi connectivity index (χ3v) is 2.07. The highest BCUT2D eigenvalue weighted by atomic mass is 19.1. The minimum absolute atomic E-state index is 0.248. The molecule has 0 saturated carbocycles. The van der Waals surface area contributed by atoms with E-state index < -0.39 is 17.3 Å². The number of aromatic carboxylic acids is 1. The zero-order chi connectivity index (χ0) is 11.7. The first-order chi connectivity index (χ1) is 7.59. The van der Waals surface area contributed by atoms with Crippen LogP contribution in [0.5, 0.6) is 0 Å². The fraction of sp³-hybridized carbons (Fsp3) is 0. The van der Waals surface area contributed by atoms with Gasteiger partial charge in [0, 0.05) is 6.20 Å². The summed E-state index contributed by atoms with van der Waals surface area (Å²) >= 11 is 0. The Bertz CT molecular complexity index is 600. The summed E-state index contributed by atoms with van der Waals surface area (Å²) < 4.78 is 13.9. The van der Waals surface area contributed by atoms with E-state index in [1.54, 1.807) is 0 Å². The molecule has 5 nitrogen and oxygen atoms in total. The molecular weight excluding hydrogens is 215 g/mol. The number of carboxylic acids is 1. The second-order valence-electron chi connectivity index (χ2n) is 3.11. The van der Waals surface area contributed by atoms with Gasteiger partial charge in [-0.3, -0.25) is 9.89 Å². The van der Waals surface area contributed by atoms with Crippen LogP contribution in [-0.4, -0.2) is 20.9 Å². The first-order valence-corrected chi connectivity index (χ1v) is 4.39. The Hall–Kier alpha value is -2.37. The highest BCUT2D eigenvalue weighted by Gasteiger charge is 2.13. The lowest BCUT2D eigenvalue weighted by Crippen LogP contribution is -2.19. The largest absolute Gasteiger partial charge is 0.477 e. The summed E-state index contributed by atoms with van der Waals surface area (Å²) in [6, 6.07) is 5.28. The highest BCUT2D eigenvalue weighted by molar-refractivity contribution is 5.86. The number of carboxylic acid groups (broad SMARTS) is 1. The fourth-order valence-corrected chi connectivity index (χ4v) is 1.33. The van der Waals surface area contributed by atoms with E-state index in [9.17, 15) is 14.0 Å². The second kappa shape index (κ2) is 3.65. The van der Waals surface area contributed by atoms with Gasteiger partial charge in [-0.1, -0.05) is 6.07 Å².